The van der Waals surface area contributed by atoms with Crippen molar-refractivity contribution in [1.82, 2.24) is 0 Å². The molecule has 3 aliphatic rings. The van der Waals surface area contributed by atoms with E-state index in [1.54, 1.807) is 0 Å². The summed E-state index contributed by atoms with van der Waals surface area (Å²) in [6.07, 6.45) is 17.4. The fraction of sp³-hybridized carbons (Fsp3) is 1.00. The first-order valence-corrected chi connectivity index (χ1v) is 11.8. The molecule has 1 unspecified atom stereocenters. The smallest absolute Gasteiger partial charge is 0.0540 e. The van der Waals surface area contributed by atoms with Crippen LogP contribution in [-0.2, 0) is 0 Å². The Kier molecular flexibility index (Phi) is 9.44. The van der Waals surface area contributed by atoms with Crippen LogP contribution < -0.4 is 0 Å². The van der Waals surface area contributed by atoms with Crippen molar-refractivity contribution in [3.63, 3.8) is 0 Å². The summed E-state index contributed by atoms with van der Waals surface area (Å²) in [5, 5.41) is 19.3. The number of fused-ring (bicyclic) bond motifs is 2. The predicted molar refractivity (Wildman–Crippen MR) is 111 cm³/mol. The second-order valence-electron chi connectivity index (χ2n) is 10.0. The van der Waals surface area contributed by atoms with Crippen molar-refractivity contribution in [1.29, 1.82) is 0 Å². The number of hydrogen-bond acceptors (Lipinski definition) is 2. The van der Waals surface area contributed by atoms with E-state index in [9.17, 15) is 5.11 Å². The molecule has 2 heteroatoms. The highest BCUT2D eigenvalue weighted by Gasteiger charge is 2.56. The molecule has 0 amide bonds. The maximum Gasteiger partial charge on any atom is 0.0540 e. The Balaban J connectivity index is 1.76. The largest absolute Gasteiger partial charge is 0.396 e. The van der Waals surface area contributed by atoms with E-state index >= 15 is 0 Å². The minimum atomic E-state index is -0.0630. The molecular formula is C24H46O2. The first kappa shape index (κ1) is 22.2. The molecule has 3 aliphatic carbocycles. The van der Waals surface area contributed by atoms with E-state index in [1.165, 1.54) is 70.6 Å². The van der Waals surface area contributed by atoms with Crippen LogP contribution >= 0.6 is 0 Å². The molecule has 0 aromatic rings. The fourth-order valence-corrected chi connectivity index (χ4v) is 6.02. The summed E-state index contributed by atoms with van der Waals surface area (Å²) >= 11 is 0. The molecule has 0 saturated heterocycles. The average Bonchev–Trinajstić information content (AvgIpc) is 2.63. The van der Waals surface area contributed by atoms with Gasteiger partial charge in [-0.25, -0.2) is 0 Å². The molecule has 0 spiro atoms. The highest BCUT2D eigenvalue weighted by Crippen LogP contribution is 2.64. The molecule has 0 aromatic heterocycles. The average molecular weight is 367 g/mol. The Hall–Kier alpha value is -0.0800. The van der Waals surface area contributed by atoms with Gasteiger partial charge >= 0.3 is 0 Å². The molecule has 3 saturated carbocycles. The summed E-state index contributed by atoms with van der Waals surface area (Å²) in [5.74, 6) is 3.64. The summed E-state index contributed by atoms with van der Waals surface area (Å²) < 4.78 is 0. The Labute approximate surface area is 163 Å². The van der Waals surface area contributed by atoms with Crippen LogP contribution in [0.3, 0.4) is 0 Å². The van der Waals surface area contributed by atoms with E-state index in [0.29, 0.717) is 12.0 Å². The molecule has 0 aliphatic heterocycles. The molecule has 0 aromatic carbocycles. The highest BCUT2D eigenvalue weighted by molar-refractivity contribution is 5.05. The van der Waals surface area contributed by atoms with Gasteiger partial charge in [0.25, 0.3) is 0 Å². The third-order valence-corrected chi connectivity index (χ3v) is 7.96. The lowest BCUT2D eigenvalue weighted by atomic mass is 9.42. The fourth-order valence-electron chi connectivity index (χ4n) is 6.02. The second kappa shape index (κ2) is 11.1. The van der Waals surface area contributed by atoms with Crippen molar-refractivity contribution in [2.24, 2.45) is 29.1 Å². The summed E-state index contributed by atoms with van der Waals surface area (Å²) in [5.41, 5.74) is 0.567. The molecule has 154 valence electrons. The van der Waals surface area contributed by atoms with Gasteiger partial charge in [-0.15, -0.1) is 0 Å². The van der Waals surface area contributed by atoms with Crippen molar-refractivity contribution in [2.75, 3.05) is 6.61 Å². The Morgan fingerprint density at radius 1 is 0.885 bits per heavy atom. The van der Waals surface area contributed by atoms with Crippen LogP contribution in [0.2, 0.25) is 0 Å². The topological polar surface area (TPSA) is 40.5 Å². The third kappa shape index (κ3) is 5.96. The highest BCUT2D eigenvalue weighted by atomic mass is 16.3. The summed E-state index contributed by atoms with van der Waals surface area (Å²) in [6.45, 7) is 7.60. The van der Waals surface area contributed by atoms with Gasteiger partial charge < -0.3 is 10.2 Å². The summed E-state index contributed by atoms with van der Waals surface area (Å²) in [6, 6.07) is 0. The zero-order valence-corrected chi connectivity index (χ0v) is 17.9. The Morgan fingerprint density at radius 3 is 2.31 bits per heavy atom. The van der Waals surface area contributed by atoms with E-state index in [4.69, 9.17) is 5.11 Å². The minimum absolute atomic E-state index is 0.0630. The number of unbranched alkanes of at least 4 members (excludes halogenated alkanes) is 6. The number of hydrogen-bond donors (Lipinski definition) is 2. The molecule has 26 heavy (non-hydrogen) atoms. The van der Waals surface area contributed by atoms with E-state index in [1.807, 2.05) is 0 Å². The summed E-state index contributed by atoms with van der Waals surface area (Å²) in [7, 11) is 0. The quantitative estimate of drug-likeness (QED) is 0.352. The molecule has 5 atom stereocenters. The Morgan fingerprint density at radius 2 is 1.62 bits per heavy atom. The lowest BCUT2D eigenvalue weighted by molar-refractivity contribution is -0.139. The zero-order chi connectivity index (χ0) is 19.0. The van der Waals surface area contributed by atoms with Gasteiger partial charge in [0.05, 0.1) is 6.10 Å². The van der Waals surface area contributed by atoms with Crippen molar-refractivity contribution < 1.29 is 10.2 Å². The van der Waals surface area contributed by atoms with Crippen molar-refractivity contribution in [3.05, 3.63) is 0 Å². The molecule has 0 radical (unpaired) electrons. The van der Waals surface area contributed by atoms with E-state index in [2.05, 4.69) is 20.8 Å². The van der Waals surface area contributed by atoms with Gasteiger partial charge in [-0.05, 0) is 74.0 Å². The van der Waals surface area contributed by atoms with Crippen LogP contribution in [0.4, 0.5) is 0 Å². The van der Waals surface area contributed by atoms with E-state index in [0.717, 1.165) is 42.9 Å². The first-order valence-electron chi connectivity index (χ1n) is 11.8. The molecule has 3 fully saturated rings. The SMILES string of the molecule is CCCCC[C@H](O)CCC1C[C@H]2C[C@@H]([C@@H]1CCCCCCCO)C2(C)C. The van der Waals surface area contributed by atoms with Crippen molar-refractivity contribution >= 4 is 0 Å². The predicted octanol–water partition coefficient (Wildman–Crippen LogP) is 6.34. The molecule has 2 N–H and O–H groups in total. The lowest BCUT2D eigenvalue weighted by Gasteiger charge is -2.63. The van der Waals surface area contributed by atoms with Gasteiger partial charge in [-0.2, -0.15) is 0 Å². The second-order valence-corrected chi connectivity index (χ2v) is 10.0. The summed E-state index contributed by atoms with van der Waals surface area (Å²) in [4.78, 5) is 0. The van der Waals surface area contributed by atoms with Gasteiger partial charge in [-0.3, -0.25) is 0 Å². The monoisotopic (exact) mass is 366 g/mol. The van der Waals surface area contributed by atoms with Gasteiger partial charge in [-0.1, -0.05) is 65.7 Å². The Bertz CT molecular complexity index is 378. The maximum absolute atomic E-state index is 10.3. The zero-order valence-electron chi connectivity index (χ0n) is 17.9. The molecule has 2 nitrogen and oxygen atoms in total. The normalized spacial score (nSPS) is 30.8. The van der Waals surface area contributed by atoms with Crippen LogP contribution in [0.1, 0.15) is 111 Å². The minimum Gasteiger partial charge on any atom is -0.396 e. The van der Waals surface area contributed by atoms with Gasteiger partial charge in [0.15, 0.2) is 0 Å². The number of rotatable bonds is 14. The molecule has 0 heterocycles. The molecular weight excluding hydrogens is 320 g/mol. The van der Waals surface area contributed by atoms with Crippen LogP contribution in [0, 0.1) is 29.1 Å². The van der Waals surface area contributed by atoms with Gasteiger partial charge in [0, 0.05) is 6.61 Å². The lowest BCUT2D eigenvalue weighted by Crippen LogP contribution is -2.55. The van der Waals surface area contributed by atoms with Crippen LogP contribution in [-0.4, -0.2) is 22.9 Å². The van der Waals surface area contributed by atoms with Crippen LogP contribution in [0.5, 0.6) is 0 Å². The van der Waals surface area contributed by atoms with Gasteiger partial charge in [0.1, 0.15) is 0 Å². The van der Waals surface area contributed by atoms with Crippen LogP contribution in [0.25, 0.3) is 0 Å². The maximum atomic E-state index is 10.3. The van der Waals surface area contributed by atoms with E-state index < -0.39 is 0 Å². The van der Waals surface area contributed by atoms with E-state index in [-0.39, 0.29) is 6.10 Å². The molecule has 3 rings (SSSR count). The first-order chi connectivity index (χ1) is 12.5. The standard InChI is InChI=1S/C24H46O2/c1-4-5-9-12-21(26)15-14-19-17-20-18-23(24(20,2)3)22(19)13-10-7-6-8-11-16-25/h19-23,25-26H,4-18H2,1-3H3/t19?,20-,21-,22+,23-/m0/s1. The van der Waals surface area contributed by atoms with Crippen LogP contribution in [0.15, 0.2) is 0 Å². The third-order valence-electron chi connectivity index (χ3n) is 7.96. The van der Waals surface area contributed by atoms with Crippen molar-refractivity contribution in [2.45, 2.75) is 117 Å². The molecule has 2 bridgehead atoms. The van der Waals surface area contributed by atoms with Crippen molar-refractivity contribution in [3.8, 4) is 0 Å². The van der Waals surface area contributed by atoms with Gasteiger partial charge in [0.2, 0.25) is 0 Å². The number of aliphatic hydroxyl groups excluding tert-OH is 2. The number of aliphatic hydroxyl groups is 2.